The summed E-state index contributed by atoms with van der Waals surface area (Å²) in [4.78, 5) is 11.9. The van der Waals surface area contributed by atoms with Crippen molar-refractivity contribution in [3.63, 3.8) is 0 Å². The molecule has 1 N–H and O–H groups in total. The number of allylic oxidation sites excluding steroid dienone is 2. The molecule has 0 heterocycles. The summed E-state index contributed by atoms with van der Waals surface area (Å²) in [6, 6.07) is 12.1. The molecule has 5 nitrogen and oxygen atoms in total. The molecule has 1 aromatic rings. The van der Waals surface area contributed by atoms with Crippen LogP contribution in [0.15, 0.2) is 47.6 Å². The zero-order valence-corrected chi connectivity index (χ0v) is 19.7. The van der Waals surface area contributed by atoms with E-state index in [-0.39, 0.29) is 17.1 Å². The summed E-state index contributed by atoms with van der Waals surface area (Å²) in [5.74, 6) is -0.723. The number of carboxylic acids is 1. The Morgan fingerprint density at radius 2 is 1.85 bits per heavy atom. The molecule has 1 fully saturated rings. The van der Waals surface area contributed by atoms with Gasteiger partial charge < -0.3 is 9.84 Å². The van der Waals surface area contributed by atoms with Crippen LogP contribution in [-0.4, -0.2) is 17.7 Å². The lowest BCUT2D eigenvalue weighted by Gasteiger charge is -2.45. The van der Waals surface area contributed by atoms with Gasteiger partial charge in [-0.2, -0.15) is 10.5 Å². The normalized spacial score (nSPS) is 27.0. The molecule has 1 aromatic carbocycles. The maximum Gasteiger partial charge on any atom is 0.315 e. The fraction of sp³-hybridized carbons (Fsp3) is 0.536. The molecule has 5 heteroatoms. The number of rotatable bonds is 9. The molecule has 0 radical (unpaired) electrons. The third kappa shape index (κ3) is 4.83. The van der Waals surface area contributed by atoms with E-state index in [1.54, 1.807) is 6.08 Å². The molecule has 3 rings (SSSR count). The molecule has 2 aliphatic rings. The fourth-order valence-corrected chi connectivity index (χ4v) is 5.75. The highest BCUT2D eigenvalue weighted by Crippen LogP contribution is 2.54. The lowest BCUT2D eigenvalue weighted by Crippen LogP contribution is -2.41. The molecule has 0 saturated heterocycles. The van der Waals surface area contributed by atoms with Gasteiger partial charge in [-0.25, -0.2) is 0 Å². The summed E-state index contributed by atoms with van der Waals surface area (Å²) >= 11 is 0. The Hall–Kier alpha value is -3.05. The number of aliphatic carboxylic acids is 1. The van der Waals surface area contributed by atoms with E-state index in [9.17, 15) is 20.4 Å². The predicted molar refractivity (Wildman–Crippen MR) is 127 cm³/mol. The molecule has 2 aliphatic carbocycles. The Morgan fingerprint density at radius 1 is 1.12 bits per heavy atom. The number of unbranched alkanes of at least 4 members (excludes halogenated alkanes) is 2. The first kappa shape index (κ1) is 24.6. The first-order valence-electron chi connectivity index (χ1n) is 12.2. The van der Waals surface area contributed by atoms with Crippen LogP contribution in [0.4, 0.5) is 0 Å². The lowest BCUT2D eigenvalue weighted by atomic mass is 9.57. The van der Waals surface area contributed by atoms with Crippen molar-refractivity contribution in [2.24, 2.45) is 17.8 Å². The van der Waals surface area contributed by atoms with Gasteiger partial charge in [0, 0.05) is 5.56 Å². The minimum absolute atomic E-state index is 0.0453. The first-order chi connectivity index (χ1) is 16.0. The number of benzene rings is 1. The highest BCUT2D eigenvalue weighted by molar-refractivity contribution is 5.80. The zero-order valence-electron chi connectivity index (χ0n) is 19.7. The average Bonchev–Trinajstić information content (AvgIpc) is 2.84. The molecule has 0 bridgehead atoms. The van der Waals surface area contributed by atoms with Crippen molar-refractivity contribution in [2.45, 2.75) is 70.6 Å². The molecule has 2 atom stereocenters. The van der Waals surface area contributed by atoms with Gasteiger partial charge in [0.2, 0.25) is 0 Å². The van der Waals surface area contributed by atoms with Gasteiger partial charge >= 0.3 is 5.97 Å². The van der Waals surface area contributed by atoms with Crippen LogP contribution in [0.25, 0.3) is 0 Å². The largest absolute Gasteiger partial charge is 0.494 e. The van der Waals surface area contributed by atoms with Crippen molar-refractivity contribution < 1.29 is 14.6 Å². The smallest absolute Gasteiger partial charge is 0.315 e. The third-order valence-electron chi connectivity index (χ3n) is 7.38. The van der Waals surface area contributed by atoms with Crippen molar-refractivity contribution >= 4 is 5.97 Å². The minimum Gasteiger partial charge on any atom is -0.494 e. The molecule has 0 amide bonds. The topological polar surface area (TPSA) is 94.1 Å². The Bertz CT molecular complexity index is 989. The molecule has 0 aromatic heterocycles. The third-order valence-corrected chi connectivity index (χ3v) is 7.38. The van der Waals surface area contributed by atoms with E-state index >= 15 is 0 Å². The van der Waals surface area contributed by atoms with Gasteiger partial charge in [-0.3, -0.25) is 4.79 Å². The van der Waals surface area contributed by atoms with Crippen LogP contribution in [0, 0.1) is 40.4 Å². The quantitative estimate of drug-likeness (QED) is 0.353. The Morgan fingerprint density at radius 3 is 2.45 bits per heavy atom. The van der Waals surface area contributed by atoms with Crippen molar-refractivity contribution in [3.05, 3.63) is 53.1 Å². The van der Waals surface area contributed by atoms with E-state index in [0.29, 0.717) is 18.3 Å². The summed E-state index contributed by atoms with van der Waals surface area (Å²) in [7, 11) is 0. The second-order valence-corrected chi connectivity index (χ2v) is 9.20. The minimum atomic E-state index is -1.11. The van der Waals surface area contributed by atoms with E-state index < -0.39 is 17.3 Å². The number of para-hydroxylation sites is 1. The number of carboxylic acid groups (broad SMARTS) is 1. The molecule has 174 valence electrons. The van der Waals surface area contributed by atoms with Crippen molar-refractivity contribution in [1.82, 2.24) is 0 Å². The van der Waals surface area contributed by atoms with Crippen molar-refractivity contribution in [3.8, 4) is 17.9 Å². The van der Waals surface area contributed by atoms with Crippen LogP contribution >= 0.6 is 0 Å². The molecule has 2 unspecified atom stereocenters. The van der Waals surface area contributed by atoms with Crippen LogP contribution in [0.3, 0.4) is 0 Å². The number of carbonyl (C=O) groups is 1. The summed E-state index contributed by atoms with van der Waals surface area (Å²) in [6.45, 7) is 4.62. The van der Waals surface area contributed by atoms with Crippen LogP contribution in [0.2, 0.25) is 0 Å². The number of hydrogen-bond acceptors (Lipinski definition) is 4. The Labute approximate surface area is 197 Å². The van der Waals surface area contributed by atoms with Crippen LogP contribution in [-0.2, 0) is 10.2 Å². The molecule has 0 aliphatic heterocycles. The monoisotopic (exact) mass is 446 g/mol. The second-order valence-electron chi connectivity index (χ2n) is 9.20. The van der Waals surface area contributed by atoms with Crippen molar-refractivity contribution in [2.75, 3.05) is 6.61 Å². The average molecular weight is 447 g/mol. The zero-order chi connectivity index (χ0) is 23.8. The van der Waals surface area contributed by atoms with E-state index in [4.69, 9.17) is 4.74 Å². The van der Waals surface area contributed by atoms with Gasteiger partial charge in [0.25, 0.3) is 0 Å². The van der Waals surface area contributed by atoms with Crippen LogP contribution in [0.1, 0.15) is 70.8 Å². The first-order valence-corrected chi connectivity index (χ1v) is 12.2. The van der Waals surface area contributed by atoms with Gasteiger partial charge in [-0.1, -0.05) is 75.8 Å². The molecular formula is C28H34N2O3. The summed E-state index contributed by atoms with van der Waals surface area (Å²) in [5.41, 5.74) is 0.308. The van der Waals surface area contributed by atoms with Crippen LogP contribution < -0.4 is 4.74 Å². The molecule has 1 saturated carbocycles. The van der Waals surface area contributed by atoms with E-state index in [2.05, 4.69) is 19.1 Å². The number of hydrogen-bond donors (Lipinski definition) is 1. The van der Waals surface area contributed by atoms with Gasteiger partial charge in [0.05, 0.1) is 35.3 Å². The van der Waals surface area contributed by atoms with E-state index in [1.807, 2.05) is 37.3 Å². The highest BCUT2D eigenvalue weighted by atomic mass is 16.5. The standard InChI is InChI=1S/C28H34N2O3/c1-3-5-6-9-20-12-14-21(15-13-20)28(24-10-7-8-11-26(24)33-4-2)17-16-22(27(31)32)23(18-29)25(28)19-30/h7-8,10-11,16-17,20-22H,3-6,9,12-15H2,1-2H3,(H,31,32). The summed E-state index contributed by atoms with van der Waals surface area (Å²) in [6.07, 6.45) is 12.5. The molecular weight excluding hydrogens is 412 g/mol. The van der Waals surface area contributed by atoms with E-state index in [0.717, 1.165) is 31.2 Å². The highest BCUT2D eigenvalue weighted by Gasteiger charge is 2.49. The van der Waals surface area contributed by atoms with Gasteiger partial charge in [-0.15, -0.1) is 0 Å². The number of nitrogens with zero attached hydrogens (tertiary/aromatic N) is 2. The maximum atomic E-state index is 11.9. The second kappa shape index (κ2) is 11.2. The van der Waals surface area contributed by atoms with Gasteiger partial charge in [-0.05, 0) is 37.7 Å². The SMILES string of the molecule is CCCCCC1CCC(C2(c3ccccc3OCC)C=CC(C(=O)O)C(C#N)=C2C#N)CC1. The molecule has 0 spiro atoms. The Kier molecular flexibility index (Phi) is 8.34. The van der Waals surface area contributed by atoms with Crippen molar-refractivity contribution in [1.29, 1.82) is 10.5 Å². The number of ether oxygens (including phenoxy) is 1. The number of nitriles is 2. The summed E-state index contributed by atoms with van der Waals surface area (Å²) in [5, 5.41) is 30.0. The van der Waals surface area contributed by atoms with E-state index in [1.165, 1.54) is 25.7 Å². The lowest BCUT2D eigenvalue weighted by molar-refractivity contribution is -0.138. The fourth-order valence-electron chi connectivity index (χ4n) is 5.75. The molecule has 33 heavy (non-hydrogen) atoms. The summed E-state index contributed by atoms with van der Waals surface area (Å²) < 4.78 is 5.96. The predicted octanol–water partition coefficient (Wildman–Crippen LogP) is 6.32. The van der Waals surface area contributed by atoms with Gasteiger partial charge in [0.1, 0.15) is 11.7 Å². The Balaban J connectivity index is 2.10. The van der Waals surface area contributed by atoms with Gasteiger partial charge in [0.15, 0.2) is 0 Å². The maximum absolute atomic E-state index is 11.9. The van der Waals surface area contributed by atoms with Crippen LogP contribution in [0.5, 0.6) is 5.75 Å².